The first-order valence-corrected chi connectivity index (χ1v) is 6.09. The third-order valence-corrected chi connectivity index (χ3v) is 2.84. The van der Waals surface area contributed by atoms with Crippen molar-refractivity contribution in [1.82, 2.24) is 10.3 Å². The van der Waals surface area contributed by atoms with Crippen LogP contribution in [0.15, 0.2) is 18.3 Å². The number of pyridine rings is 1. The van der Waals surface area contributed by atoms with E-state index in [0.717, 1.165) is 18.4 Å². The van der Waals surface area contributed by atoms with Gasteiger partial charge >= 0.3 is 0 Å². The van der Waals surface area contributed by atoms with E-state index in [4.69, 9.17) is 5.73 Å². The van der Waals surface area contributed by atoms with Crippen LogP contribution in [-0.4, -0.2) is 22.2 Å². The van der Waals surface area contributed by atoms with Gasteiger partial charge in [0.15, 0.2) is 0 Å². The highest BCUT2D eigenvalue weighted by molar-refractivity contribution is 5.30. The number of aromatic nitrogens is 1. The predicted octanol–water partition coefficient (Wildman–Crippen LogP) is 1.87. The van der Waals surface area contributed by atoms with Crippen LogP contribution in [-0.2, 0) is 0 Å². The molecule has 1 aromatic rings. The second-order valence-electron chi connectivity index (χ2n) is 5.05. The van der Waals surface area contributed by atoms with Gasteiger partial charge in [0.2, 0.25) is 0 Å². The second kappa shape index (κ2) is 5.98. The van der Waals surface area contributed by atoms with Gasteiger partial charge in [0, 0.05) is 23.8 Å². The van der Waals surface area contributed by atoms with E-state index in [9.17, 15) is 5.11 Å². The lowest BCUT2D eigenvalue weighted by Crippen LogP contribution is -2.41. The van der Waals surface area contributed by atoms with Gasteiger partial charge in [-0.15, -0.1) is 0 Å². The van der Waals surface area contributed by atoms with E-state index < -0.39 is 6.10 Å². The van der Waals surface area contributed by atoms with E-state index in [-0.39, 0.29) is 5.54 Å². The highest BCUT2D eigenvalue weighted by Gasteiger charge is 2.17. The quantitative estimate of drug-likeness (QED) is 0.706. The monoisotopic (exact) mass is 237 g/mol. The molecule has 0 aromatic carbocycles. The van der Waals surface area contributed by atoms with Gasteiger partial charge in [-0.3, -0.25) is 0 Å². The molecule has 0 aliphatic carbocycles. The molecular formula is C13H23N3O. The van der Waals surface area contributed by atoms with Crippen LogP contribution in [0.1, 0.15) is 45.3 Å². The first kappa shape index (κ1) is 13.9. The summed E-state index contributed by atoms with van der Waals surface area (Å²) in [6.45, 7) is 6.97. The van der Waals surface area contributed by atoms with Crippen molar-refractivity contribution >= 4 is 5.82 Å². The minimum atomic E-state index is -0.542. The van der Waals surface area contributed by atoms with Gasteiger partial charge in [-0.2, -0.15) is 0 Å². The van der Waals surface area contributed by atoms with Gasteiger partial charge in [0.05, 0.1) is 6.10 Å². The van der Waals surface area contributed by atoms with E-state index in [1.165, 1.54) is 0 Å². The van der Waals surface area contributed by atoms with Gasteiger partial charge in [-0.05, 0) is 26.3 Å². The summed E-state index contributed by atoms with van der Waals surface area (Å²) in [6.07, 6.45) is 3.28. The molecule has 4 nitrogen and oxygen atoms in total. The highest BCUT2D eigenvalue weighted by atomic mass is 16.3. The number of aliphatic hydroxyl groups excluding tert-OH is 1. The standard InChI is InChI=1S/C13H23N3O/c1-4-7-13(2,3)16-9-11(17)10-5-6-12(14)15-8-10/h5-6,8,11,16-17H,4,7,9H2,1-3H3,(H2,14,15). The fourth-order valence-corrected chi connectivity index (χ4v) is 1.82. The van der Waals surface area contributed by atoms with Crippen LogP contribution < -0.4 is 11.1 Å². The van der Waals surface area contributed by atoms with Crippen molar-refractivity contribution in [3.8, 4) is 0 Å². The van der Waals surface area contributed by atoms with Gasteiger partial charge in [-0.1, -0.05) is 19.4 Å². The van der Waals surface area contributed by atoms with Crippen LogP contribution in [0.5, 0.6) is 0 Å². The first-order chi connectivity index (χ1) is 7.94. The Kier molecular flexibility index (Phi) is 4.90. The number of rotatable bonds is 6. The zero-order valence-electron chi connectivity index (χ0n) is 10.9. The Morgan fingerprint density at radius 3 is 2.71 bits per heavy atom. The van der Waals surface area contributed by atoms with Gasteiger partial charge < -0.3 is 16.2 Å². The molecular weight excluding hydrogens is 214 g/mol. The maximum atomic E-state index is 10.00. The van der Waals surface area contributed by atoms with Crippen molar-refractivity contribution in [2.24, 2.45) is 0 Å². The van der Waals surface area contributed by atoms with Crippen molar-refractivity contribution in [1.29, 1.82) is 0 Å². The van der Waals surface area contributed by atoms with Gasteiger partial charge in [0.25, 0.3) is 0 Å². The molecule has 0 saturated carbocycles. The molecule has 0 aliphatic heterocycles. The molecule has 1 heterocycles. The number of anilines is 1. The molecule has 4 N–H and O–H groups in total. The molecule has 0 saturated heterocycles. The van der Waals surface area contributed by atoms with Gasteiger partial charge in [0.1, 0.15) is 5.82 Å². The minimum Gasteiger partial charge on any atom is -0.387 e. The van der Waals surface area contributed by atoms with Crippen molar-refractivity contribution in [3.05, 3.63) is 23.9 Å². The summed E-state index contributed by atoms with van der Waals surface area (Å²) < 4.78 is 0. The summed E-state index contributed by atoms with van der Waals surface area (Å²) in [7, 11) is 0. The summed E-state index contributed by atoms with van der Waals surface area (Å²) in [5.41, 5.74) is 6.34. The van der Waals surface area contributed by atoms with Crippen molar-refractivity contribution in [2.75, 3.05) is 12.3 Å². The van der Waals surface area contributed by atoms with Crippen LogP contribution in [0.2, 0.25) is 0 Å². The second-order valence-corrected chi connectivity index (χ2v) is 5.05. The maximum Gasteiger partial charge on any atom is 0.123 e. The third kappa shape index (κ3) is 4.71. The molecule has 1 unspecified atom stereocenters. The zero-order chi connectivity index (χ0) is 12.9. The molecule has 0 amide bonds. The molecule has 0 spiro atoms. The number of nitrogens with zero attached hydrogens (tertiary/aromatic N) is 1. The molecule has 17 heavy (non-hydrogen) atoms. The van der Waals surface area contributed by atoms with Crippen LogP contribution in [0.4, 0.5) is 5.82 Å². The minimum absolute atomic E-state index is 0.0525. The van der Waals surface area contributed by atoms with Crippen LogP contribution in [0, 0.1) is 0 Å². The van der Waals surface area contributed by atoms with Crippen LogP contribution in [0.3, 0.4) is 0 Å². The fraction of sp³-hybridized carbons (Fsp3) is 0.615. The number of nitrogens with one attached hydrogen (secondary N) is 1. The Balaban J connectivity index is 2.49. The van der Waals surface area contributed by atoms with Crippen molar-refractivity contribution < 1.29 is 5.11 Å². The number of β-amino-alcohol motifs (C(OH)–C–C–N with tert-alkyl or cyclic N) is 1. The molecule has 4 heteroatoms. The van der Waals surface area contributed by atoms with E-state index >= 15 is 0 Å². The Bertz CT molecular complexity index is 335. The average molecular weight is 237 g/mol. The Hall–Kier alpha value is -1.13. The number of hydrogen-bond acceptors (Lipinski definition) is 4. The lowest BCUT2D eigenvalue weighted by atomic mass is 9.98. The Morgan fingerprint density at radius 2 is 2.18 bits per heavy atom. The lowest BCUT2D eigenvalue weighted by Gasteiger charge is -2.27. The molecule has 0 aliphatic rings. The average Bonchev–Trinajstić information content (AvgIpc) is 2.27. The number of nitrogens with two attached hydrogens (primary N) is 1. The van der Waals surface area contributed by atoms with E-state index in [2.05, 4.69) is 31.1 Å². The predicted molar refractivity (Wildman–Crippen MR) is 70.6 cm³/mol. The zero-order valence-corrected chi connectivity index (χ0v) is 10.9. The highest BCUT2D eigenvalue weighted by Crippen LogP contribution is 2.15. The van der Waals surface area contributed by atoms with Gasteiger partial charge in [-0.25, -0.2) is 4.98 Å². The number of aliphatic hydroxyl groups is 1. The largest absolute Gasteiger partial charge is 0.387 e. The Labute approximate surface area is 103 Å². The van der Waals surface area contributed by atoms with E-state index in [1.807, 2.05) is 6.07 Å². The molecule has 1 atom stereocenters. The van der Waals surface area contributed by atoms with E-state index in [1.54, 1.807) is 12.3 Å². The van der Waals surface area contributed by atoms with Crippen molar-refractivity contribution in [2.45, 2.75) is 45.3 Å². The normalized spacial score (nSPS) is 13.6. The molecule has 0 bridgehead atoms. The Morgan fingerprint density at radius 1 is 1.47 bits per heavy atom. The summed E-state index contributed by atoms with van der Waals surface area (Å²) in [4.78, 5) is 3.97. The van der Waals surface area contributed by atoms with Crippen LogP contribution in [0.25, 0.3) is 0 Å². The number of nitrogen functional groups attached to an aromatic ring is 1. The summed E-state index contributed by atoms with van der Waals surface area (Å²) in [6, 6.07) is 3.51. The molecule has 96 valence electrons. The molecule has 1 aromatic heterocycles. The SMILES string of the molecule is CCCC(C)(C)NCC(O)c1ccc(N)nc1. The number of hydrogen-bond donors (Lipinski definition) is 3. The summed E-state index contributed by atoms with van der Waals surface area (Å²) >= 11 is 0. The van der Waals surface area contributed by atoms with E-state index in [0.29, 0.717) is 12.4 Å². The first-order valence-electron chi connectivity index (χ1n) is 6.09. The summed E-state index contributed by atoms with van der Waals surface area (Å²) in [5.74, 6) is 0.472. The lowest BCUT2D eigenvalue weighted by molar-refractivity contribution is 0.158. The molecule has 0 radical (unpaired) electrons. The van der Waals surface area contributed by atoms with Crippen molar-refractivity contribution in [3.63, 3.8) is 0 Å². The fourth-order valence-electron chi connectivity index (χ4n) is 1.82. The van der Waals surface area contributed by atoms with Crippen LogP contribution >= 0.6 is 0 Å². The smallest absolute Gasteiger partial charge is 0.123 e. The summed E-state index contributed by atoms with van der Waals surface area (Å²) in [5, 5.41) is 13.4. The maximum absolute atomic E-state index is 10.00. The molecule has 1 rings (SSSR count). The molecule has 0 fully saturated rings. The topological polar surface area (TPSA) is 71.2 Å². The third-order valence-electron chi connectivity index (χ3n) is 2.84.